The predicted octanol–water partition coefficient (Wildman–Crippen LogP) is 3.22. The van der Waals surface area contributed by atoms with Crippen molar-refractivity contribution in [1.29, 1.82) is 0 Å². The Morgan fingerprint density at radius 2 is 2.23 bits per heavy atom. The van der Waals surface area contributed by atoms with Crippen LogP contribution in [0.1, 0.15) is 18.4 Å². The molecule has 3 heterocycles. The molecule has 0 radical (unpaired) electrons. The van der Waals surface area contributed by atoms with Gasteiger partial charge in [0.25, 0.3) is 5.56 Å². The molecule has 1 aliphatic rings. The van der Waals surface area contributed by atoms with Gasteiger partial charge in [0.2, 0.25) is 5.95 Å². The topological polar surface area (TPSA) is 84.8 Å². The van der Waals surface area contributed by atoms with Crippen LogP contribution in [0.4, 0.5) is 5.95 Å². The molecular formula is C17H17Cl2N5O2. The van der Waals surface area contributed by atoms with Gasteiger partial charge in [-0.05, 0) is 30.5 Å². The fourth-order valence-corrected chi connectivity index (χ4v) is 3.37. The largest absolute Gasteiger partial charge is 0.376 e. The molecule has 1 atom stereocenters. The van der Waals surface area contributed by atoms with Gasteiger partial charge in [-0.1, -0.05) is 29.3 Å². The van der Waals surface area contributed by atoms with Crippen LogP contribution in [0.5, 0.6) is 0 Å². The van der Waals surface area contributed by atoms with Crippen molar-refractivity contribution >= 4 is 40.2 Å². The number of rotatable bonds is 5. The van der Waals surface area contributed by atoms with Gasteiger partial charge in [0.05, 0.1) is 28.9 Å². The highest BCUT2D eigenvalue weighted by Gasteiger charge is 2.19. The molecule has 1 aliphatic heterocycles. The smallest absolute Gasteiger partial charge is 0.278 e. The van der Waals surface area contributed by atoms with Crippen molar-refractivity contribution in [2.75, 3.05) is 11.9 Å². The van der Waals surface area contributed by atoms with Crippen LogP contribution in [0.3, 0.4) is 0 Å². The van der Waals surface area contributed by atoms with E-state index in [1.165, 1.54) is 0 Å². The minimum Gasteiger partial charge on any atom is -0.376 e. The van der Waals surface area contributed by atoms with Crippen molar-refractivity contribution in [1.82, 2.24) is 19.7 Å². The zero-order valence-corrected chi connectivity index (χ0v) is 15.3. The molecule has 26 heavy (non-hydrogen) atoms. The molecular weight excluding hydrogens is 377 g/mol. The summed E-state index contributed by atoms with van der Waals surface area (Å²) < 4.78 is 7.28. The SMILES string of the molecule is O=c1[nH]c(NCc2ccc(Cl)c(Cl)c2)nc2cnn(CC3CCCO3)c12. The Kier molecular flexibility index (Phi) is 4.84. The van der Waals surface area contributed by atoms with E-state index in [0.29, 0.717) is 40.1 Å². The van der Waals surface area contributed by atoms with E-state index in [1.54, 1.807) is 23.0 Å². The van der Waals surface area contributed by atoms with Gasteiger partial charge in [-0.25, -0.2) is 4.98 Å². The normalized spacial score (nSPS) is 17.1. The second-order valence-electron chi connectivity index (χ2n) is 6.21. The molecule has 7 nitrogen and oxygen atoms in total. The van der Waals surface area contributed by atoms with E-state index in [2.05, 4.69) is 20.4 Å². The number of anilines is 1. The highest BCUT2D eigenvalue weighted by molar-refractivity contribution is 6.42. The number of benzene rings is 1. The minimum atomic E-state index is -0.234. The summed E-state index contributed by atoms with van der Waals surface area (Å²) in [6, 6.07) is 5.36. The lowest BCUT2D eigenvalue weighted by Gasteiger charge is -2.10. The van der Waals surface area contributed by atoms with Crippen LogP contribution in [-0.4, -0.2) is 32.5 Å². The van der Waals surface area contributed by atoms with Crippen molar-refractivity contribution in [2.24, 2.45) is 0 Å². The summed E-state index contributed by atoms with van der Waals surface area (Å²) in [7, 11) is 0. The van der Waals surface area contributed by atoms with Gasteiger partial charge in [0.15, 0.2) is 5.52 Å². The molecule has 0 bridgehead atoms. The van der Waals surface area contributed by atoms with Crippen molar-refractivity contribution in [3.63, 3.8) is 0 Å². The summed E-state index contributed by atoms with van der Waals surface area (Å²) in [5, 5.41) is 8.37. The third kappa shape index (κ3) is 3.56. The van der Waals surface area contributed by atoms with Gasteiger partial charge in [-0.15, -0.1) is 0 Å². The first-order valence-corrected chi connectivity index (χ1v) is 9.11. The number of aromatic amines is 1. The summed E-state index contributed by atoms with van der Waals surface area (Å²) in [6.45, 7) is 1.78. The van der Waals surface area contributed by atoms with Crippen LogP contribution in [0.2, 0.25) is 10.0 Å². The number of aromatic nitrogens is 4. The first kappa shape index (κ1) is 17.3. The van der Waals surface area contributed by atoms with Gasteiger partial charge >= 0.3 is 0 Å². The zero-order chi connectivity index (χ0) is 18.1. The average Bonchev–Trinajstić information content (AvgIpc) is 3.27. The molecule has 0 aliphatic carbocycles. The molecule has 0 spiro atoms. The van der Waals surface area contributed by atoms with Gasteiger partial charge in [-0.2, -0.15) is 5.10 Å². The third-order valence-electron chi connectivity index (χ3n) is 4.34. The summed E-state index contributed by atoms with van der Waals surface area (Å²) in [6.07, 6.45) is 3.73. The summed E-state index contributed by atoms with van der Waals surface area (Å²) in [5.74, 6) is 0.380. The highest BCUT2D eigenvalue weighted by atomic mass is 35.5. The van der Waals surface area contributed by atoms with Crippen LogP contribution in [0.25, 0.3) is 11.0 Å². The van der Waals surface area contributed by atoms with E-state index >= 15 is 0 Å². The highest BCUT2D eigenvalue weighted by Crippen LogP contribution is 2.23. The van der Waals surface area contributed by atoms with Crippen molar-refractivity contribution in [3.05, 3.63) is 50.4 Å². The second-order valence-corrected chi connectivity index (χ2v) is 7.03. The summed E-state index contributed by atoms with van der Waals surface area (Å²) in [5.41, 5.74) is 1.70. The average molecular weight is 394 g/mol. The fourth-order valence-electron chi connectivity index (χ4n) is 3.04. The van der Waals surface area contributed by atoms with Crippen molar-refractivity contribution < 1.29 is 4.74 Å². The number of hydrogen-bond acceptors (Lipinski definition) is 5. The maximum absolute atomic E-state index is 12.5. The van der Waals surface area contributed by atoms with Gasteiger partial charge in [-0.3, -0.25) is 14.5 Å². The fraction of sp³-hybridized carbons (Fsp3) is 0.353. The number of nitrogens with one attached hydrogen (secondary N) is 2. The maximum Gasteiger partial charge on any atom is 0.278 e. The Morgan fingerprint density at radius 3 is 3.00 bits per heavy atom. The molecule has 3 aromatic rings. The van der Waals surface area contributed by atoms with Gasteiger partial charge < -0.3 is 10.1 Å². The number of ether oxygens (including phenoxy) is 1. The minimum absolute atomic E-state index is 0.102. The van der Waals surface area contributed by atoms with Crippen LogP contribution >= 0.6 is 23.2 Å². The molecule has 1 unspecified atom stereocenters. The van der Waals surface area contributed by atoms with E-state index in [1.807, 2.05) is 6.07 Å². The van der Waals surface area contributed by atoms with Crippen LogP contribution in [-0.2, 0) is 17.8 Å². The molecule has 0 amide bonds. The predicted molar refractivity (Wildman–Crippen MR) is 101 cm³/mol. The van der Waals surface area contributed by atoms with E-state index in [4.69, 9.17) is 27.9 Å². The van der Waals surface area contributed by atoms with Crippen LogP contribution in [0, 0.1) is 0 Å². The lowest BCUT2D eigenvalue weighted by Crippen LogP contribution is -2.20. The van der Waals surface area contributed by atoms with E-state index in [-0.39, 0.29) is 11.7 Å². The molecule has 1 fully saturated rings. The number of hydrogen-bond donors (Lipinski definition) is 2. The van der Waals surface area contributed by atoms with E-state index < -0.39 is 0 Å². The van der Waals surface area contributed by atoms with E-state index in [0.717, 1.165) is 25.0 Å². The number of H-pyrrole nitrogens is 1. The Labute approximate surface area is 159 Å². The molecule has 2 aromatic heterocycles. The lowest BCUT2D eigenvalue weighted by molar-refractivity contribution is 0.0950. The van der Waals surface area contributed by atoms with Gasteiger partial charge in [0.1, 0.15) is 5.52 Å². The number of halogens is 2. The van der Waals surface area contributed by atoms with Crippen molar-refractivity contribution in [2.45, 2.75) is 32.0 Å². The van der Waals surface area contributed by atoms with Gasteiger partial charge in [0, 0.05) is 13.2 Å². The Balaban J connectivity index is 1.53. The summed E-state index contributed by atoms with van der Waals surface area (Å²) >= 11 is 11.9. The molecule has 2 N–H and O–H groups in total. The van der Waals surface area contributed by atoms with Crippen molar-refractivity contribution in [3.8, 4) is 0 Å². The molecule has 4 rings (SSSR count). The molecule has 9 heteroatoms. The van der Waals surface area contributed by atoms with Crippen LogP contribution in [0.15, 0.2) is 29.2 Å². The molecule has 0 saturated carbocycles. The Bertz CT molecular complexity index is 994. The second kappa shape index (κ2) is 7.26. The number of fused-ring (bicyclic) bond motifs is 1. The molecule has 1 saturated heterocycles. The molecule has 136 valence electrons. The Morgan fingerprint density at radius 1 is 1.35 bits per heavy atom. The molecule has 1 aromatic carbocycles. The quantitative estimate of drug-likeness (QED) is 0.694. The lowest BCUT2D eigenvalue weighted by atomic mass is 10.2. The third-order valence-corrected chi connectivity index (χ3v) is 5.08. The monoisotopic (exact) mass is 393 g/mol. The first-order valence-electron chi connectivity index (χ1n) is 8.35. The standard InChI is InChI=1S/C17H17Cl2N5O2/c18-12-4-3-10(6-13(12)19)7-20-17-22-14-8-21-24(15(14)16(25)23-17)9-11-2-1-5-26-11/h3-4,6,8,11H,1-2,5,7,9H2,(H2,20,22,23,25). The van der Waals surface area contributed by atoms with Crippen LogP contribution < -0.4 is 10.9 Å². The zero-order valence-electron chi connectivity index (χ0n) is 13.8. The number of nitrogens with zero attached hydrogens (tertiary/aromatic N) is 3. The summed E-state index contributed by atoms with van der Waals surface area (Å²) in [4.78, 5) is 19.7. The Hall–Kier alpha value is -2.09. The first-order chi connectivity index (χ1) is 12.6. The van der Waals surface area contributed by atoms with E-state index in [9.17, 15) is 4.79 Å². The maximum atomic E-state index is 12.5.